The van der Waals surface area contributed by atoms with Gasteiger partial charge in [-0.2, -0.15) is 0 Å². The van der Waals surface area contributed by atoms with Crippen molar-refractivity contribution in [1.29, 1.82) is 0 Å². The molecule has 0 aliphatic rings. The van der Waals surface area contributed by atoms with Gasteiger partial charge in [0, 0.05) is 10.9 Å². The van der Waals surface area contributed by atoms with E-state index >= 15 is 0 Å². The van der Waals surface area contributed by atoms with Gasteiger partial charge in [-0.15, -0.1) is 0 Å². The van der Waals surface area contributed by atoms with E-state index in [0.29, 0.717) is 5.75 Å². The molecule has 0 amide bonds. The molecule has 106 valence electrons. The van der Waals surface area contributed by atoms with Gasteiger partial charge in [0.1, 0.15) is 5.75 Å². The maximum atomic E-state index is 10.9. The summed E-state index contributed by atoms with van der Waals surface area (Å²) in [5.41, 5.74) is 3.15. The minimum atomic E-state index is 0.361. The Bertz CT molecular complexity index is 985. The topological polar surface area (TPSA) is 20.2 Å². The molecule has 0 bridgehead atoms. The van der Waals surface area contributed by atoms with Crippen molar-refractivity contribution in [2.24, 2.45) is 0 Å². The molecular weight excluding hydrogens is 268 g/mol. The highest BCUT2D eigenvalue weighted by Crippen LogP contribution is 2.43. The summed E-state index contributed by atoms with van der Waals surface area (Å²) in [6.45, 7) is 2.08. The van der Waals surface area contributed by atoms with Gasteiger partial charge in [-0.1, -0.05) is 78.4 Å². The standard InChI is InChI=1S/C21H16O/c1-14-11-12-18-19(13-14)16-9-5-6-10-17(16)20(21(18)22)15-7-3-2-4-8-15/h2-13,22H,1H3. The molecule has 0 aliphatic carbocycles. The number of phenolic OH excluding ortho intramolecular Hbond substituents is 1. The number of fused-ring (bicyclic) bond motifs is 3. The molecular formula is C21H16O. The van der Waals surface area contributed by atoms with Crippen LogP contribution in [0.3, 0.4) is 0 Å². The number of benzene rings is 4. The van der Waals surface area contributed by atoms with E-state index in [-0.39, 0.29) is 0 Å². The van der Waals surface area contributed by atoms with E-state index in [2.05, 4.69) is 31.2 Å². The predicted molar refractivity (Wildman–Crippen MR) is 93.3 cm³/mol. The number of hydrogen-bond donors (Lipinski definition) is 1. The molecule has 4 aromatic carbocycles. The monoisotopic (exact) mass is 284 g/mol. The van der Waals surface area contributed by atoms with Gasteiger partial charge < -0.3 is 5.11 Å². The second-order valence-corrected chi connectivity index (χ2v) is 5.68. The lowest BCUT2D eigenvalue weighted by Gasteiger charge is -2.14. The molecule has 1 N–H and O–H groups in total. The molecule has 0 aliphatic heterocycles. The molecule has 0 aromatic heterocycles. The zero-order chi connectivity index (χ0) is 15.1. The second-order valence-electron chi connectivity index (χ2n) is 5.68. The molecule has 0 radical (unpaired) electrons. The Hall–Kier alpha value is -2.80. The van der Waals surface area contributed by atoms with E-state index in [1.807, 2.05) is 48.5 Å². The third-order valence-electron chi connectivity index (χ3n) is 4.22. The maximum Gasteiger partial charge on any atom is 0.131 e. The molecule has 0 saturated heterocycles. The Morgan fingerprint density at radius 1 is 0.636 bits per heavy atom. The first-order valence-electron chi connectivity index (χ1n) is 7.45. The molecule has 1 heteroatoms. The summed E-state index contributed by atoms with van der Waals surface area (Å²) in [7, 11) is 0. The van der Waals surface area contributed by atoms with E-state index in [9.17, 15) is 5.11 Å². The zero-order valence-electron chi connectivity index (χ0n) is 12.4. The van der Waals surface area contributed by atoms with Gasteiger partial charge >= 0.3 is 0 Å². The first-order chi connectivity index (χ1) is 10.8. The van der Waals surface area contributed by atoms with Gasteiger partial charge in [0.15, 0.2) is 0 Å². The highest BCUT2D eigenvalue weighted by Gasteiger charge is 2.14. The van der Waals surface area contributed by atoms with Crippen LogP contribution in [0.2, 0.25) is 0 Å². The van der Waals surface area contributed by atoms with Gasteiger partial charge in [-0.05, 0) is 28.6 Å². The van der Waals surface area contributed by atoms with E-state index in [1.165, 1.54) is 10.9 Å². The number of hydrogen-bond acceptors (Lipinski definition) is 1. The van der Waals surface area contributed by atoms with Crippen molar-refractivity contribution in [3.8, 4) is 16.9 Å². The van der Waals surface area contributed by atoms with Crippen molar-refractivity contribution < 1.29 is 5.11 Å². The average Bonchev–Trinajstić information content (AvgIpc) is 2.56. The van der Waals surface area contributed by atoms with Gasteiger partial charge in [0.05, 0.1) is 0 Å². The smallest absolute Gasteiger partial charge is 0.131 e. The molecule has 1 nitrogen and oxygen atoms in total. The van der Waals surface area contributed by atoms with E-state index < -0.39 is 0 Å². The minimum absolute atomic E-state index is 0.361. The lowest BCUT2D eigenvalue weighted by Crippen LogP contribution is -1.87. The minimum Gasteiger partial charge on any atom is -0.507 e. The van der Waals surface area contributed by atoms with Crippen LogP contribution in [0.4, 0.5) is 0 Å². The van der Waals surface area contributed by atoms with Crippen LogP contribution in [0, 0.1) is 6.92 Å². The first-order valence-corrected chi connectivity index (χ1v) is 7.45. The van der Waals surface area contributed by atoms with Crippen LogP contribution in [0.25, 0.3) is 32.7 Å². The second kappa shape index (κ2) is 4.88. The molecule has 0 atom stereocenters. The summed E-state index contributed by atoms with van der Waals surface area (Å²) in [6, 6.07) is 24.6. The number of aryl methyl sites for hydroxylation is 1. The molecule has 0 fully saturated rings. The quantitative estimate of drug-likeness (QED) is 0.446. The normalized spacial score (nSPS) is 11.1. The van der Waals surface area contributed by atoms with Crippen molar-refractivity contribution in [3.05, 3.63) is 78.4 Å². The average molecular weight is 284 g/mol. The summed E-state index contributed by atoms with van der Waals surface area (Å²) >= 11 is 0. The molecule has 0 saturated carbocycles. The van der Waals surface area contributed by atoms with E-state index in [4.69, 9.17) is 0 Å². The molecule has 4 aromatic rings. The van der Waals surface area contributed by atoms with Gasteiger partial charge in [-0.25, -0.2) is 0 Å². The van der Waals surface area contributed by atoms with Crippen molar-refractivity contribution in [2.75, 3.05) is 0 Å². The Morgan fingerprint density at radius 2 is 1.32 bits per heavy atom. The third-order valence-corrected chi connectivity index (χ3v) is 4.22. The summed E-state index contributed by atoms with van der Waals surface area (Å²) in [6.07, 6.45) is 0. The maximum absolute atomic E-state index is 10.9. The lowest BCUT2D eigenvalue weighted by molar-refractivity contribution is 0.484. The van der Waals surface area contributed by atoms with Crippen LogP contribution < -0.4 is 0 Å². The highest BCUT2D eigenvalue weighted by atomic mass is 16.3. The predicted octanol–water partition coefficient (Wildman–Crippen LogP) is 5.67. The van der Waals surface area contributed by atoms with Crippen LogP contribution in [-0.2, 0) is 0 Å². The van der Waals surface area contributed by atoms with Crippen molar-refractivity contribution in [3.63, 3.8) is 0 Å². The number of aromatic hydroxyl groups is 1. The number of rotatable bonds is 1. The van der Waals surface area contributed by atoms with Crippen molar-refractivity contribution in [1.82, 2.24) is 0 Å². The summed E-state index contributed by atoms with van der Waals surface area (Å²) in [4.78, 5) is 0. The molecule has 4 rings (SSSR count). The largest absolute Gasteiger partial charge is 0.507 e. The fourth-order valence-corrected chi connectivity index (χ4v) is 3.18. The number of phenols is 1. The fourth-order valence-electron chi connectivity index (χ4n) is 3.18. The van der Waals surface area contributed by atoms with Crippen molar-refractivity contribution >= 4 is 21.5 Å². The summed E-state index contributed by atoms with van der Waals surface area (Å²) < 4.78 is 0. The Balaban J connectivity index is 2.25. The Kier molecular flexibility index (Phi) is 2.87. The first kappa shape index (κ1) is 12.9. The Morgan fingerprint density at radius 3 is 2.09 bits per heavy atom. The van der Waals surface area contributed by atoms with Crippen LogP contribution in [0.5, 0.6) is 5.75 Å². The Labute approximate surface area is 129 Å². The van der Waals surface area contributed by atoms with Gasteiger partial charge in [0.25, 0.3) is 0 Å². The van der Waals surface area contributed by atoms with E-state index in [1.54, 1.807) is 0 Å². The summed E-state index contributed by atoms with van der Waals surface area (Å²) in [5, 5.41) is 15.2. The SMILES string of the molecule is Cc1ccc2c(O)c(-c3ccccc3)c3ccccc3c2c1. The van der Waals surface area contributed by atoms with Gasteiger partial charge in [-0.3, -0.25) is 0 Å². The third kappa shape index (κ3) is 1.86. The van der Waals surface area contributed by atoms with Crippen LogP contribution in [0.15, 0.2) is 72.8 Å². The zero-order valence-corrected chi connectivity index (χ0v) is 12.4. The fraction of sp³-hybridized carbons (Fsp3) is 0.0476. The molecule has 0 spiro atoms. The van der Waals surface area contributed by atoms with Crippen LogP contribution in [0.1, 0.15) is 5.56 Å². The van der Waals surface area contributed by atoms with Crippen molar-refractivity contribution in [2.45, 2.75) is 6.92 Å². The highest BCUT2D eigenvalue weighted by molar-refractivity contribution is 6.17. The summed E-state index contributed by atoms with van der Waals surface area (Å²) in [5.74, 6) is 0.361. The van der Waals surface area contributed by atoms with Gasteiger partial charge in [0.2, 0.25) is 0 Å². The van der Waals surface area contributed by atoms with E-state index in [0.717, 1.165) is 27.3 Å². The molecule has 22 heavy (non-hydrogen) atoms. The molecule has 0 unspecified atom stereocenters. The molecule has 0 heterocycles. The van der Waals surface area contributed by atoms with Crippen LogP contribution >= 0.6 is 0 Å². The van der Waals surface area contributed by atoms with Crippen LogP contribution in [-0.4, -0.2) is 5.11 Å². The lowest BCUT2D eigenvalue weighted by atomic mass is 9.91.